The number of benzene rings is 1. The van der Waals surface area contributed by atoms with Gasteiger partial charge in [0.15, 0.2) is 5.90 Å². The quantitative estimate of drug-likeness (QED) is 0.907. The van der Waals surface area contributed by atoms with Gasteiger partial charge in [-0.2, -0.15) is 0 Å². The monoisotopic (exact) mass is 286 g/mol. The number of aliphatic hydroxyl groups is 1. The first-order valence-electron chi connectivity index (χ1n) is 7.12. The predicted molar refractivity (Wildman–Crippen MR) is 85.7 cm³/mol. The standard InChI is InChI=1S/C11H11NO.C6H11NO/c13-11(10-7-4-8-12-10)9-5-2-1-3-6-9;1-5-7-6(2,3)4-8-5/h1-6,8,11,13H,7H2;4H2,1-3H3. The van der Waals surface area contributed by atoms with Crippen molar-refractivity contribution in [3.05, 3.63) is 48.2 Å². The molecule has 2 aliphatic heterocycles. The molecule has 0 fully saturated rings. The summed E-state index contributed by atoms with van der Waals surface area (Å²) in [6.45, 7) is 6.74. The number of allylic oxidation sites excluding steroid dienone is 1. The van der Waals surface area contributed by atoms with E-state index in [1.807, 2.05) is 43.3 Å². The molecule has 1 N–H and O–H groups in total. The number of hydrogen-bond acceptors (Lipinski definition) is 4. The summed E-state index contributed by atoms with van der Waals surface area (Å²) in [5.74, 6) is 0.815. The molecule has 1 atom stereocenters. The highest BCUT2D eigenvalue weighted by Crippen LogP contribution is 2.18. The Balaban J connectivity index is 0.000000173. The molecule has 4 heteroatoms. The van der Waals surface area contributed by atoms with Gasteiger partial charge in [-0.05, 0) is 19.4 Å². The van der Waals surface area contributed by atoms with E-state index in [0.717, 1.165) is 30.2 Å². The molecule has 0 aromatic heterocycles. The molecule has 2 aliphatic rings. The molecule has 0 spiro atoms. The van der Waals surface area contributed by atoms with Gasteiger partial charge in [-0.15, -0.1) is 0 Å². The van der Waals surface area contributed by atoms with E-state index < -0.39 is 6.10 Å². The number of ether oxygens (including phenoxy) is 1. The summed E-state index contributed by atoms with van der Waals surface area (Å²) in [7, 11) is 0. The summed E-state index contributed by atoms with van der Waals surface area (Å²) < 4.78 is 5.12. The molecule has 2 heterocycles. The van der Waals surface area contributed by atoms with Crippen molar-refractivity contribution in [3.63, 3.8) is 0 Å². The first-order chi connectivity index (χ1) is 9.98. The molecule has 0 saturated carbocycles. The summed E-state index contributed by atoms with van der Waals surface area (Å²) in [5, 5.41) is 9.85. The Morgan fingerprint density at radius 3 is 2.38 bits per heavy atom. The van der Waals surface area contributed by atoms with Crippen LogP contribution in [0.3, 0.4) is 0 Å². The maximum Gasteiger partial charge on any atom is 0.180 e. The number of aliphatic imine (C=N–C) groups is 2. The Kier molecular flexibility index (Phi) is 4.91. The van der Waals surface area contributed by atoms with Crippen molar-refractivity contribution in [2.75, 3.05) is 6.61 Å². The topological polar surface area (TPSA) is 54.2 Å². The summed E-state index contributed by atoms with van der Waals surface area (Å²) >= 11 is 0. The maximum absolute atomic E-state index is 9.85. The molecule has 21 heavy (non-hydrogen) atoms. The highest BCUT2D eigenvalue weighted by atomic mass is 16.5. The molecule has 0 radical (unpaired) electrons. The van der Waals surface area contributed by atoms with E-state index >= 15 is 0 Å². The number of hydrogen-bond donors (Lipinski definition) is 1. The van der Waals surface area contributed by atoms with Crippen molar-refractivity contribution >= 4 is 11.6 Å². The van der Waals surface area contributed by atoms with Crippen LogP contribution >= 0.6 is 0 Å². The fraction of sp³-hybridized carbons (Fsp3) is 0.412. The Labute approximate surface area is 125 Å². The Hall–Kier alpha value is -1.94. The van der Waals surface area contributed by atoms with Crippen molar-refractivity contribution in [1.29, 1.82) is 0 Å². The Morgan fingerprint density at radius 1 is 1.24 bits per heavy atom. The van der Waals surface area contributed by atoms with Crippen molar-refractivity contribution in [2.45, 2.75) is 38.8 Å². The van der Waals surface area contributed by atoms with E-state index in [1.165, 1.54) is 0 Å². The van der Waals surface area contributed by atoms with Crippen molar-refractivity contribution in [3.8, 4) is 0 Å². The average molecular weight is 286 g/mol. The molecule has 4 nitrogen and oxygen atoms in total. The van der Waals surface area contributed by atoms with Gasteiger partial charge in [-0.1, -0.05) is 36.4 Å². The molecular formula is C17H22N2O2. The van der Waals surface area contributed by atoms with E-state index in [-0.39, 0.29) is 5.54 Å². The first kappa shape index (κ1) is 15.4. The molecule has 112 valence electrons. The van der Waals surface area contributed by atoms with Gasteiger partial charge < -0.3 is 9.84 Å². The number of aliphatic hydroxyl groups excluding tert-OH is 1. The van der Waals surface area contributed by atoms with Gasteiger partial charge in [0.05, 0.1) is 11.3 Å². The molecule has 1 aromatic rings. The lowest BCUT2D eigenvalue weighted by Gasteiger charge is -2.09. The summed E-state index contributed by atoms with van der Waals surface area (Å²) in [6, 6.07) is 9.59. The van der Waals surface area contributed by atoms with Crippen molar-refractivity contribution < 1.29 is 9.84 Å². The zero-order valence-corrected chi connectivity index (χ0v) is 12.8. The number of nitrogens with zero attached hydrogens (tertiary/aromatic N) is 2. The average Bonchev–Trinajstić information content (AvgIpc) is 3.09. The van der Waals surface area contributed by atoms with Gasteiger partial charge in [-0.25, -0.2) is 4.99 Å². The van der Waals surface area contributed by atoms with Gasteiger partial charge in [0, 0.05) is 19.5 Å². The Morgan fingerprint density at radius 2 is 1.95 bits per heavy atom. The van der Waals surface area contributed by atoms with Crippen LogP contribution in [-0.2, 0) is 4.74 Å². The largest absolute Gasteiger partial charge is 0.479 e. The van der Waals surface area contributed by atoms with Crippen LogP contribution in [0.1, 0.15) is 38.9 Å². The van der Waals surface area contributed by atoms with Crippen LogP contribution in [-0.4, -0.2) is 28.9 Å². The summed E-state index contributed by atoms with van der Waals surface area (Å²) in [4.78, 5) is 8.31. The minimum atomic E-state index is -0.545. The van der Waals surface area contributed by atoms with Crippen LogP contribution in [0, 0.1) is 0 Å². The maximum atomic E-state index is 9.85. The molecule has 0 bridgehead atoms. The van der Waals surface area contributed by atoms with E-state index in [0.29, 0.717) is 0 Å². The highest BCUT2D eigenvalue weighted by Gasteiger charge is 2.23. The lowest BCUT2D eigenvalue weighted by molar-refractivity contribution is 0.246. The second kappa shape index (κ2) is 6.68. The Bertz CT molecular complexity index is 559. The normalized spacial score (nSPS) is 20.0. The third kappa shape index (κ3) is 4.53. The first-order valence-corrected chi connectivity index (χ1v) is 7.12. The fourth-order valence-corrected chi connectivity index (χ4v) is 2.16. The zero-order valence-electron chi connectivity index (χ0n) is 12.8. The molecule has 0 amide bonds. The van der Waals surface area contributed by atoms with Gasteiger partial charge in [0.25, 0.3) is 0 Å². The van der Waals surface area contributed by atoms with Crippen molar-refractivity contribution in [1.82, 2.24) is 0 Å². The summed E-state index contributed by atoms with van der Waals surface area (Å²) in [6.07, 6.45) is 3.90. The molecule has 0 saturated heterocycles. The zero-order chi connectivity index (χ0) is 15.3. The van der Waals surface area contributed by atoms with Crippen LogP contribution in [0.2, 0.25) is 0 Å². The minimum absolute atomic E-state index is 0.0318. The third-order valence-electron chi connectivity index (χ3n) is 3.20. The van der Waals surface area contributed by atoms with E-state index in [2.05, 4.69) is 23.8 Å². The molecular weight excluding hydrogens is 264 g/mol. The van der Waals surface area contributed by atoms with Crippen LogP contribution in [0.25, 0.3) is 0 Å². The van der Waals surface area contributed by atoms with Crippen LogP contribution in [0.4, 0.5) is 0 Å². The molecule has 0 aliphatic carbocycles. The third-order valence-corrected chi connectivity index (χ3v) is 3.20. The number of rotatable bonds is 2. The van der Waals surface area contributed by atoms with Gasteiger partial charge in [0.1, 0.15) is 12.7 Å². The van der Waals surface area contributed by atoms with Crippen LogP contribution in [0.5, 0.6) is 0 Å². The van der Waals surface area contributed by atoms with E-state index in [4.69, 9.17) is 4.74 Å². The molecule has 1 unspecified atom stereocenters. The smallest absolute Gasteiger partial charge is 0.180 e. The van der Waals surface area contributed by atoms with Crippen LogP contribution < -0.4 is 0 Å². The van der Waals surface area contributed by atoms with Crippen LogP contribution in [0.15, 0.2) is 52.6 Å². The van der Waals surface area contributed by atoms with E-state index in [1.54, 1.807) is 6.20 Å². The second-order valence-corrected chi connectivity index (χ2v) is 5.75. The predicted octanol–water partition coefficient (Wildman–Crippen LogP) is 3.29. The van der Waals surface area contributed by atoms with Gasteiger partial charge in [0.2, 0.25) is 0 Å². The second-order valence-electron chi connectivity index (χ2n) is 5.75. The van der Waals surface area contributed by atoms with Crippen molar-refractivity contribution in [2.24, 2.45) is 9.98 Å². The highest BCUT2D eigenvalue weighted by molar-refractivity contribution is 5.92. The fourth-order valence-electron chi connectivity index (χ4n) is 2.16. The minimum Gasteiger partial charge on any atom is -0.479 e. The SMILES string of the molecule is CC1=NC(C)(C)CO1.OC(C1=NC=CC1)c1ccccc1. The lowest BCUT2D eigenvalue weighted by atomic mass is 10.0. The van der Waals surface area contributed by atoms with Gasteiger partial charge >= 0.3 is 0 Å². The summed E-state index contributed by atoms with van der Waals surface area (Å²) in [5.41, 5.74) is 1.76. The molecule has 1 aromatic carbocycles. The lowest BCUT2D eigenvalue weighted by Crippen LogP contribution is -2.17. The van der Waals surface area contributed by atoms with Gasteiger partial charge in [-0.3, -0.25) is 4.99 Å². The van der Waals surface area contributed by atoms with E-state index in [9.17, 15) is 5.11 Å². The molecule has 3 rings (SSSR count).